The minimum Gasteiger partial charge on any atom is -0.377 e. The molecule has 2 fully saturated rings. The van der Waals surface area contributed by atoms with Gasteiger partial charge in [-0.1, -0.05) is 26.2 Å². The molecule has 1 heterocycles. The van der Waals surface area contributed by atoms with Crippen molar-refractivity contribution in [3.8, 4) is 0 Å². The maximum absolute atomic E-state index is 6.42. The second kappa shape index (κ2) is 6.02. The van der Waals surface area contributed by atoms with Crippen LogP contribution >= 0.6 is 0 Å². The minimum absolute atomic E-state index is 0.301. The fourth-order valence-electron chi connectivity index (χ4n) is 3.43. The van der Waals surface area contributed by atoms with Gasteiger partial charge in [0.1, 0.15) is 0 Å². The highest BCUT2D eigenvalue weighted by atomic mass is 16.5. The second-order valence-corrected chi connectivity index (χ2v) is 5.68. The lowest BCUT2D eigenvalue weighted by molar-refractivity contribution is -0.0179. The van der Waals surface area contributed by atoms with Gasteiger partial charge in [-0.25, -0.2) is 0 Å². The van der Waals surface area contributed by atoms with E-state index in [0.717, 1.165) is 18.4 Å². The zero-order chi connectivity index (χ0) is 11.4. The van der Waals surface area contributed by atoms with E-state index in [1.165, 1.54) is 51.4 Å². The summed E-state index contributed by atoms with van der Waals surface area (Å²) in [4.78, 5) is 0. The van der Waals surface area contributed by atoms with Gasteiger partial charge < -0.3 is 10.5 Å². The first-order valence-corrected chi connectivity index (χ1v) is 7.18. The third-order valence-electron chi connectivity index (χ3n) is 4.59. The molecular weight excluding hydrogens is 198 g/mol. The van der Waals surface area contributed by atoms with Crippen molar-refractivity contribution in [2.75, 3.05) is 6.61 Å². The van der Waals surface area contributed by atoms with Crippen molar-refractivity contribution in [3.63, 3.8) is 0 Å². The van der Waals surface area contributed by atoms with Crippen molar-refractivity contribution in [3.05, 3.63) is 0 Å². The molecule has 0 aromatic carbocycles. The normalized spacial score (nSPS) is 38.2. The van der Waals surface area contributed by atoms with Gasteiger partial charge in [0.25, 0.3) is 0 Å². The van der Waals surface area contributed by atoms with Crippen LogP contribution in [0, 0.1) is 11.8 Å². The van der Waals surface area contributed by atoms with Gasteiger partial charge in [-0.15, -0.1) is 0 Å². The number of nitrogens with two attached hydrogens (primary N) is 1. The Morgan fingerprint density at radius 2 is 2.06 bits per heavy atom. The summed E-state index contributed by atoms with van der Waals surface area (Å²) in [6.07, 6.45) is 10.9. The number of hydrogen-bond acceptors (Lipinski definition) is 2. The van der Waals surface area contributed by atoms with E-state index >= 15 is 0 Å². The molecule has 2 N–H and O–H groups in total. The van der Waals surface area contributed by atoms with Crippen molar-refractivity contribution >= 4 is 0 Å². The molecule has 2 rings (SSSR count). The standard InChI is InChI=1S/C14H27NO/c1-2-11-6-5-7-12(10-11)14(15)13-8-3-4-9-16-13/h11-14H,2-10,15H2,1H3. The lowest BCUT2D eigenvalue weighted by Gasteiger charge is -2.37. The van der Waals surface area contributed by atoms with E-state index in [-0.39, 0.29) is 0 Å². The smallest absolute Gasteiger partial charge is 0.0728 e. The maximum Gasteiger partial charge on any atom is 0.0728 e. The summed E-state index contributed by atoms with van der Waals surface area (Å²) < 4.78 is 5.84. The summed E-state index contributed by atoms with van der Waals surface area (Å²) >= 11 is 0. The molecule has 0 bridgehead atoms. The molecule has 94 valence electrons. The van der Waals surface area contributed by atoms with Gasteiger partial charge in [0.15, 0.2) is 0 Å². The molecule has 1 saturated carbocycles. The van der Waals surface area contributed by atoms with Crippen molar-refractivity contribution in [1.29, 1.82) is 0 Å². The summed E-state index contributed by atoms with van der Waals surface area (Å²) in [7, 11) is 0. The van der Waals surface area contributed by atoms with Crippen LogP contribution in [0.1, 0.15) is 58.3 Å². The molecule has 0 spiro atoms. The number of hydrogen-bond donors (Lipinski definition) is 1. The van der Waals surface area contributed by atoms with E-state index in [1.54, 1.807) is 0 Å². The highest BCUT2D eigenvalue weighted by molar-refractivity contribution is 4.86. The molecule has 16 heavy (non-hydrogen) atoms. The summed E-state index contributed by atoms with van der Waals surface area (Å²) in [6, 6.07) is 0.301. The topological polar surface area (TPSA) is 35.2 Å². The highest BCUT2D eigenvalue weighted by Gasteiger charge is 2.31. The van der Waals surface area contributed by atoms with Gasteiger partial charge in [-0.2, -0.15) is 0 Å². The molecule has 1 aliphatic heterocycles. The Balaban J connectivity index is 1.84. The Labute approximate surface area is 99.9 Å². The Kier molecular flexibility index (Phi) is 4.66. The van der Waals surface area contributed by atoms with Crippen LogP contribution in [0.3, 0.4) is 0 Å². The Hall–Kier alpha value is -0.0800. The maximum atomic E-state index is 6.42. The lowest BCUT2D eigenvalue weighted by atomic mass is 9.75. The van der Waals surface area contributed by atoms with Crippen molar-refractivity contribution in [1.82, 2.24) is 0 Å². The Morgan fingerprint density at radius 3 is 2.75 bits per heavy atom. The number of ether oxygens (including phenoxy) is 1. The van der Waals surface area contributed by atoms with E-state index in [9.17, 15) is 0 Å². The van der Waals surface area contributed by atoms with Crippen molar-refractivity contribution in [2.45, 2.75) is 70.4 Å². The molecule has 1 saturated heterocycles. The SMILES string of the molecule is CCC1CCCC(C(N)C2CCCCO2)C1. The fraction of sp³-hybridized carbons (Fsp3) is 1.00. The third-order valence-corrected chi connectivity index (χ3v) is 4.59. The first-order chi connectivity index (χ1) is 7.81. The molecule has 2 nitrogen and oxygen atoms in total. The van der Waals surface area contributed by atoms with Gasteiger partial charge in [0.2, 0.25) is 0 Å². The van der Waals surface area contributed by atoms with E-state index in [2.05, 4.69) is 6.92 Å². The average Bonchev–Trinajstić information content (AvgIpc) is 2.39. The van der Waals surface area contributed by atoms with Crippen LogP contribution in [-0.4, -0.2) is 18.8 Å². The van der Waals surface area contributed by atoms with Crippen LogP contribution in [0.5, 0.6) is 0 Å². The minimum atomic E-state index is 0.301. The fourth-order valence-corrected chi connectivity index (χ4v) is 3.43. The molecule has 2 heteroatoms. The summed E-state index contributed by atoms with van der Waals surface area (Å²) in [5, 5.41) is 0. The summed E-state index contributed by atoms with van der Waals surface area (Å²) in [5.41, 5.74) is 6.42. The zero-order valence-corrected chi connectivity index (χ0v) is 10.7. The largest absolute Gasteiger partial charge is 0.377 e. The first kappa shape index (κ1) is 12.4. The van der Waals surface area contributed by atoms with Crippen LogP contribution in [0.15, 0.2) is 0 Å². The van der Waals surface area contributed by atoms with Crippen LogP contribution in [-0.2, 0) is 4.74 Å². The highest BCUT2D eigenvalue weighted by Crippen LogP contribution is 2.34. The summed E-state index contributed by atoms with van der Waals surface area (Å²) in [5.74, 6) is 1.65. The summed E-state index contributed by atoms with van der Waals surface area (Å²) in [6.45, 7) is 3.25. The average molecular weight is 225 g/mol. The third kappa shape index (κ3) is 2.98. The van der Waals surface area contributed by atoms with Crippen molar-refractivity contribution in [2.24, 2.45) is 17.6 Å². The van der Waals surface area contributed by atoms with Gasteiger partial charge in [-0.3, -0.25) is 0 Å². The predicted molar refractivity (Wildman–Crippen MR) is 67.3 cm³/mol. The van der Waals surface area contributed by atoms with Crippen LogP contribution < -0.4 is 5.73 Å². The molecule has 1 aliphatic carbocycles. The molecule has 2 aliphatic rings. The molecule has 0 aromatic rings. The zero-order valence-electron chi connectivity index (χ0n) is 10.7. The first-order valence-electron chi connectivity index (χ1n) is 7.18. The predicted octanol–water partition coefficient (Wildman–Crippen LogP) is 3.10. The Bertz CT molecular complexity index is 201. The lowest BCUT2D eigenvalue weighted by Crippen LogP contribution is -2.45. The molecule has 4 atom stereocenters. The van der Waals surface area contributed by atoms with E-state index < -0.39 is 0 Å². The van der Waals surface area contributed by atoms with Gasteiger partial charge in [-0.05, 0) is 43.9 Å². The quantitative estimate of drug-likeness (QED) is 0.801. The second-order valence-electron chi connectivity index (χ2n) is 5.68. The molecule has 4 unspecified atom stereocenters. The molecule has 0 amide bonds. The van der Waals surface area contributed by atoms with Gasteiger partial charge in [0.05, 0.1) is 6.10 Å². The van der Waals surface area contributed by atoms with E-state index in [1.807, 2.05) is 0 Å². The van der Waals surface area contributed by atoms with E-state index in [0.29, 0.717) is 12.1 Å². The molecular formula is C14H27NO. The Morgan fingerprint density at radius 1 is 1.19 bits per heavy atom. The monoisotopic (exact) mass is 225 g/mol. The van der Waals surface area contributed by atoms with Gasteiger partial charge >= 0.3 is 0 Å². The van der Waals surface area contributed by atoms with E-state index in [4.69, 9.17) is 10.5 Å². The molecule has 0 aromatic heterocycles. The number of rotatable bonds is 3. The van der Waals surface area contributed by atoms with Gasteiger partial charge in [0, 0.05) is 12.6 Å². The van der Waals surface area contributed by atoms with Crippen LogP contribution in [0.25, 0.3) is 0 Å². The van der Waals surface area contributed by atoms with Crippen LogP contribution in [0.2, 0.25) is 0 Å². The molecule has 0 radical (unpaired) electrons. The van der Waals surface area contributed by atoms with Crippen molar-refractivity contribution < 1.29 is 4.74 Å². The van der Waals surface area contributed by atoms with Crippen LogP contribution in [0.4, 0.5) is 0 Å².